The summed E-state index contributed by atoms with van der Waals surface area (Å²) in [5, 5.41) is 0. The molecule has 0 aliphatic carbocycles. The molecule has 0 aromatic heterocycles. The third kappa shape index (κ3) is 4.66. The van der Waals surface area contributed by atoms with Crippen LogP contribution in [0.4, 0.5) is 10.1 Å². The Balaban J connectivity index is 1.56. The summed E-state index contributed by atoms with van der Waals surface area (Å²) in [4.78, 5) is 25.5. The predicted molar refractivity (Wildman–Crippen MR) is 118 cm³/mol. The first-order valence-corrected chi connectivity index (χ1v) is 10.5. The molecule has 0 atom stereocenters. The summed E-state index contributed by atoms with van der Waals surface area (Å²) in [5.41, 5.74) is 3.72. The van der Waals surface area contributed by atoms with Crippen LogP contribution in [0.2, 0.25) is 0 Å². The molecule has 0 N–H and O–H groups in total. The average Bonchev–Trinajstić information content (AvgIpc) is 2.81. The van der Waals surface area contributed by atoms with Crippen molar-refractivity contribution in [3.63, 3.8) is 0 Å². The summed E-state index contributed by atoms with van der Waals surface area (Å²) in [6.07, 6.45) is 3.25. The second kappa shape index (κ2) is 9.56. The molecular formula is C26H24FNO3. The Bertz CT molecular complexity index is 1080. The number of para-hydroxylation sites is 1. The number of rotatable bonds is 7. The van der Waals surface area contributed by atoms with Crippen LogP contribution in [0.3, 0.4) is 0 Å². The Labute approximate surface area is 181 Å². The van der Waals surface area contributed by atoms with E-state index in [0.717, 1.165) is 30.4 Å². The molecule has 0 saturated heterocycles. The quantitative estimate of drug-likeness (QED) is 0.501. The van der Waals surface area contributed by atoms with Gasteiger partial charge in [0.05, 0.1) is 5.69 Å². The summed E-state index contributed by atoms with van der Waals surface area (Å²) in [6.45, 7) is 0.815. The number of benzene rings is 3. The van der Waals surface area contributed by atoms with Gasteiger partial charge in [0.1, 0.15) is 24.5 Å². The molecular weight excluding hydrogens is 393 g/mol. The minimum absolute atomic E-state index is 0.0526. The Kier molecular flexibility index (Phi) is 6.41. The van der Waals surface area contributed by atoms with Crippen LogP contribution in [-0.2, 0) is 24.2 Å². The summed E-state index contributed by atoms with van der Waals surface area (Å²) in [7, 11) is 0. The van der Waals surface area contributed by atoms with Crippen molar-refractivity contribution in [3.8, 4) is 5.75 Å². The molecule has 1 aliphatic rings. The van der Waals surface area contributed by atoms with E-state index in [-0.39, 0.29) is 18.3 Å². The zero-order valence-corrected chi connectivity index (χ0v) is 17.2. The molecule has 1 amide bonds. The highest BCUT2D eigenvalue weighted by Crippen LogP contribution is 2.37. The van der Waals surface area contributed by atoms with E-state index < -0.39 is 0 Å². The van der Waals surface area contributed by atoms with Gasteiger partial charge in [0.2, 0.25) is 0 Å². The van der Waals surface area contributed by atoms with E-state index in [1.54, 1.807) is 11.0 Å². The molecule has 31 heavy (non-hydrogen) atoms. The van der Waals surface area contributed by atoms with Crippen molar-refractivity contribution >= 4 is 17.9 Å². The van der Waals surface area contributed by atoms with E-state index in [4.69, 9.17) is 4.74 Å². The molecule has 0 bridgehead atoms. The fraction of sp³-hybridized carbons (Fsp3) is 0.231. The second-order valence-corrected chi connectivity index (χ2v) is 7.61. The Hall–Kier alpha value is -3.47. The number of halogens is 1. The third-order valence-corrected chi connectivity index (χ3v) is 5.49. The van der Waals surface area contributed by atoms with Gasteiger partial charge in [-0.15, -0.1) is 0 Å². The van der Waals surface area contributed by atoms with Crippen molar-refractivity contribution in [2.75, 3.05) is 11.4 Å². The van der Waals surface area contributed by atoms with Crippen molar-refractivity contribution in [2.24, 2.45) is 0 Å². The molecule has 4 nitrogen and oxygen atoms in total. The normalized spacial score (nSPS) is 12.9. The highest BCUT2D eigenvalue weighted by Gasteiger charge is 2.27. The van der Waals surface area contributed by atoms with Gasteiger partial charge in [-0.1, -0.05) is 42.5 Å². The van der Waals surface area contributed by atoms with E-state index in [1.807, 2.05) is 54.6 Å². The van der Waals surface area contributed by atoms with E-state index in [2.05, 4.69) is 0 Å². The Morgan fingerprint density at radius 3 is 2.68 bits per heavy atom. The number of fused-ring (bicyclic) bond motifs is 1. The van der Waals surface area contributed by atoms with Gasteiger partial charge in [-0.25, -0.2) is 4.39 Å². The lowest BCUT2D eigenvalue weighted by atomic mass is 10.00. The van der Waals surface area contributed by atoms with Gasteiger partial charge in [-0.2, -0.15) is 0 Å². The molecule has 158 valence electrons. The van der Waals surface area contributed by atoms with Gasteiger partial charge in [0.25, 0.3) is 5.91 Å². The van der Waals surface area contributed by atoms with E-state index in [9.17, 15) is 14.0 Å². The molecule has 0 unspecified atom stereocenters. The maximum Gasteiger partial charge on any atom is 0.258 e. The van der Waals surface area contributed by atoms with Gasteiger partial charge >= 0.3 is 0 Å². The van der Waals surface area contributed by atoms with Crippen LogP contribution in [0.25, 0.3) is 0 Å². The molecule has 3 aromatic carbocycles. The minimum Gasteiger partial charge on any atom is -0.487 e. The van der Waals surface area contributed by atoms with E-state index >= 15 is 0 Å². The number of aldehydes is 1. The van der Waals surface area contributed by atoms with Crippen molar-refractivity contribution in [3.05, 3.63) is 94.8 Å². The summed E-state index contributed by atoms with van der Waals surface area (Å²) < 4.78 is 20.4. The second-order valence-electron chi connectivity index (χ2n) is 7.61. The van der Waals surface area contributed by atoms with Crippen LogP contribution in [0.1, 0.15) is 39.9 Å². The zero-order chi connectivity index (χ0) is 21.6. The molecule has 3 aromatic rings. The molecule has 5 heteroatoms. The van der Waals surface area contributed by atoms with Crippen LogP contribution in [0.15, 0.2) is 66.7 Å². The zero-order valence-electron chi connectivity index (χ0n) is 17.2. The summed E-state index contributed by atoms with van der Waals surface area (Å²) in [6, 6.07) is 20.0. The Morgan fingerprint density at radius 1 is 1.06 bits per heavy atom. The number of anilines is 1. The third-order valence-electron chi connectivity index (χ3n) is 5.49. The molecule has 1 aliphatic heterocycles. The van der Waals surface area contributed by atoms with Gasteiger partial charge in [-0.3, -0.25) is 4.79 Å². The first-order chi connectivity index (χ1) is 15.2. The number of aryl methyl sites for hydroxylation is 2. The number of amides is 1. The summed E-state index contributed by atoms with van der Waals surface area (Å²) in [5.74, 6) is 0.231. The van der Waals surface area contributed by atoms with Crippen LogP contribution < -0.4 is 9.64 Å². The molecule has 0 radical (unpaired) electrons. The van der Waals surface area contributed by atoms with Crippen LogP contribution in [0.5, 0.6) is 5.75 Å². The highest BCUT2D eigenvalue weighted by atomic mass is 19.1. The standard InChI is InChI=1S/C26H24FNO3/c27-23-17-19(13-14-20(23)11-6-16-29)18-31-24-12-4-9-21-10-5-15-28(25(21)24)26(30)22-7-2-1-3-8-22/h1-4,7-9,12-14,16-17H,5-6,10-11,15,18H2. The van der Waals surface area contributed by atoms with Crippen molar-refractivity contribution in [1.29, 1.82) is 0 Å². The fourth-order valence-electron chi connectivity index (χ4n) is 3.93. The molecule has 4 rings (SSSR count). The molecule has 0 saturated carbocycles. The Morgan fingerprint density at radius 2 is 1.90 bits per heavy atom. The number of hydrogen-bond acceptors (Lipinski definition) is 3. The van der Waals surface area contributed by atoms with Gasteiger partial charge < -0.3 is 14.4 Å². The molecule has 0 spiro atoms. The van der Waals surface area contributed by atoms with Crippen molar-refractivity contribution < 1.29 is 18.7 Å². The first kappa shape index (κ1) is 20.8. The number of carbonyl (C=O) groups is 2. The van der Waals surface area contributed by atoms with E-state index in [0.29, 0.717) is 41.8 Å². The highest BCUT2D eigenvalue weighted by molar-refractivity contribution is 6.07. The first-order valence-electron chi connectivity index (χ1n) is 10.5. The predicted octanol–water partition coefficient (Wildman–Crippen LogP) is 5.13. The maximum atomic E-state index is 14.3. The SMILES string of the molecule is O=CCCc1ccc(COc2cccc3c2N(C(=O)c2ccccc2)CCC3)cc1F. The topological polar surface area (TPSA) is 46.6 Å². The number of hydrogen-bond donors (Lipinski definition) is 0. The minimum atomic E-state index is -0.334. The lowest BCUT2D eigenvalue weighted by molar-refractivity contribution is -0.107. The average molecular weight is 417 g/mol. The summed E-state index contributed by atoms with van der Waals surface area (Å²) >= 11 is 0. The lowest BCUT2D eigenvalue weighted by Crippen LogP contribution is -2.35. The molecule has 0 fully saturated rings. The van der Waals surface area contributed by atoms with Gasteiger partial charge in [0, 0.05) is 18.5 Å². The maximum absolute atomic E-state index is 14.3. The van der Waals surface area contributed by atoms with Gasteiger partial charge in [0.15, 0.2) is 0 Å². The van der Waals surface area contributed by atoms with Crippen molar-refractivity contribution in [1.82, 2.24) is 0 Å². The van der Waals surface area contributed by atoms with Crippen LogP contribution >= 0.6 is 0 Å². The van der Waals surface area contributed by atoms with Crippen LogP contribution in [-0.4, -0.2) is 18.7 Å². The van der Waals surface area contributed by atoms with Crippen molar-refractivity contribution in [2.45, 2.75) is 32.3 Å². The van der Waals surface area contributed by atoms with Gasteiger partial charge in [-0.05, 0) is 60.2 Å². The number of carbonyl (C=O) groups excluding carboxylic acids is 2. The smallest absolute Gasteiger partial charge is 0.258 e. The van der Waals surface area contributed by atoms with E-state index in [1.165, 1.54) is 6.07 Å². The monoisotopic (exact) mass is 417 g/mol. The molecule has 1 heterocycles. The fourth-order valence-corrected chi connectivity index (χ4v) is 3.93. The largest absolute Gasteiger partial charge is 0.487 e. The number of ether oxygens (including phenoxy) is 1. The lowest BCUT2D eigenvalue weighted by Gasteiger charge is -2.31. The number of nitrogens with zero attached hydrogens (tertiary/aromatic N) is 1. The van der Waals surface area contributed by atoms with Crippen LogP contribution in [0, 0.1) is 5.82 Å².